The van der Waals surface area contributed by atoms with E-state index in [0.29, 0.717) is 17.4 Å². The van der Waals surface area contributed by atoms with E-state index in [0.717, 1.165) is 141 Å². The van der Waals surface area contributed by atoms with Crippen molar-refractivity contribution in [1.82, 2.24) is 0 Å². The lowest BCUT2D eigenvalue weighted by Crippen LogP contribution is -2.40. The van der Waals surface area contributed by atoms with Crippen LogP contribution in [0, 0.1) is 0 Å². The SMILES string of the molecule is CC/C=C\C/C=C\C/C=C\C/C=C\C/C=C\C/C=C\C/C=C\C/C=C\CCCCCCCCCCCCCCCCC(=O)OC(COC(=O)CCCCCCCCCC/C=C\C/C=C\C/C=C\C/C=C\C/C=C\C/C=C\CC)COC(OCC[N+](C)(C)C)C(=O)O. The van der Waals surface area contributed by atoms with Crippen molar-refractivity contribution in [3.63, 3.8) is 0 Å². The van der Waals surface area contributed by atoms with Crippen LogP contribution in [0.15, 0.2) is 170 Å². The molecular formula is C82H134NO8+. The molecule has 91 heavy (non-hydrogen) atoms. The number of rotatable bonds is 65. The van der Waals surface area contributed by atoms with E-state index in [9.17, 15) is 19.5 Å². The summed E-state index contributed by atoms with van der Waals surface area (Å²) >= 11 is 0. The lowest BCUT2D eigenvalue weighted by Gasteiger charge is -2.25. The minimum atomic E-state index is -1.52. The van der Waals surface area contributed by atoms with E-state index in [4.69, 9.17) is 18.9 Å². The summed E-state index contributed by atoms with van der Waals surface area (Å²) in [4.78, 5) is 37.7. The fourth-order valence-corrected chi connectivity index (χ4v) is 9.50. The molecular weight excluding hydrogens is 1130 g/mol. The molecule has 0 fully saturated rings. The number of allylic oxidation sites excluding steroid dienone is 28. The number of hydrogen-bond donors (Lipinski definition) is 1. The Morgan fingerprint density at radius 3 is 0.879 bits per heavy atom. The van der Waals surface area contributed by atoms with Crippen LogP contribution < -0.4 is 0 Å². The van der Waals surface area contributed by atoms with Crippen LogP contribution >= 0.6 is 0 Å². The topological polar surface area (TPSA) is 108 Å². The van der Waals surface area contributed by atoms with Gasteiger partial charge in [-0.05, 0) is 128 Å². The molecule has 9 nitrogen and oxygen atoms in total. The van der Waals surface area contributed by atoms with E-state index < -0.39 is 24.3 Å². The predicted molar refractivity (Wildman–Crippen MR) is 391 cm³/mol. The summed E-state index contributed by atoms with van der Waals surface area (Å²) in [6, 6.07) is 0. The van der Waals surface area contributed by atoms with Gasteiger partial charge in [-0.3, -0.25) is 9.59 Å². The quantitative estimate of drug-likeness (QED) is 0.0211. The van der Waals surface area contributed by atoms with Gasteiger partial charge < -0.3 is 28.5 Å². The summed E-state index contributed by atoms with van der Waals surface area (Å²) in [6.45, 7) is 4.63. The molecule has 2 unspecified atom stereocenters. The summed E-state index contributed by atoms with van der Waals surface area (Å²) in [6.07, 6.45) is 103. The van der Waals surface area contributed by atoms with Gasteiger partial charge in [0.1, 0.15) is 13.2 Å². The molecule has 0 heterocycles. The highest BCUT2D eigenvalue weighted by atomic mass is 16.7. The molecule has 9 heteroatoms. The Morgan fingerprint density at radius 1 is 0.330 bits per heavy atom. The van der Waals surface area contributed by atoms with E-state index >= 15 is 0 Å². The molecule has 0 radical (unpaired) electrons. The van der Waals surface area contributed by atoms with Crippen LogP contribution in [-0.2, 0) is 33.3 Å². The number of ether oxygens (including phenoxy) is 4. The van der Waals surface area contributed by atoms with Crippen LogP contribution in [0.25, 0.3) is 0 Å². The highest BCUT2D eigenvalue weighted by Gasteiger charge is 2.25. The average Bonchev–Trinajstić information content (AvgIpc) is 3.46. The maximum absolute atomic E-state index is 13.0. The Bertz CT molecular complexity index is 2100. The molecule has 514 valence electrons. The first kappa shape index (κ1) is 85.7. The largest absolute Gasteiger partial charge is 0.477 e. The number of hydrogen-bond acceptors (Lipinski definition) is 7. The molecule has 0 bridgehead atoms. The van der Waals surface area contributed by atoms with E-state index in [-0.39, 0.29) is 38.6 Å². The van der Waals surface area contributed by atoms with Crippen LogP contribution in [0.2, 0.25) is 0 Å². The van der Waals surface area contributed by atoms with Crippen LogP contribution in [0.4, 0.5) is 0 Å². The minimum Gasteiger partial charge on any atom is -0.477 e. The number of carboxylic acids is 1. The zero-order chi connectivity index (χ0) is 66.1. The average molecular weight is 1260 g/mol. The molecule has 0 aliphatic carbocycles. The molecule has 0 amide bonds. The van der Waals surface area contributed by atoms with Gasteiger partial charge in [-0.2, -0.15) is 0 Å². The Kier molecular flexibility index (Phi) is 66.4. The van der Waals surface area contributed by atoms with E-state index in [2.05, 4.69) is 184 Å². The summed E-state index contributed by atoms with van der Waals surface area (Å²) in [5, 5.41) is 9.76. The second kappa shape index (κ2) is 70.5. The second-order valence-electron chi connectivity index (χ2n) is 24.8. The van der Waals surface area contributed by atoms with Gasteiger partial charge in [-0.25, -0.2) is 4.79 Å². The fraction of sp³-hybridized carbons (Fsp3) is 0.622. The number of unbranched alkanes of at least 4 members (excludes halogenated alkanes) is 22. The van der Waals surface area contributed by atoms with Gasteiger partial charge in [-0.1, -0.05) is 300 Å². The molecule has 0 aromatic rings. The molecule has 0 rings (SSSR count). The number of esters is 2. The number of carbonyl (C=O) groups excluding carboxylic acids is 2. The zero-order valence-corrected chi connectivity index (χ0v) is 58.7. The van der Waals surface area contributed by atoms with Gasteiger partial charge in [-0.15, -0.1) is 0 Å². The van der Waals surface area contributed by atoms with Crippen molar-refractivity contribution in [3.05, 3.63) is 170 Å². The lowest BCUT2D eigenvalue weighted by atomic mass is 10.0. The summed E-state index contributed by atoms with van der Waals surface area (Å²) in [7, 11) is 5.97. The normalized spacial score (nSPS) is 13.7. The fourth-order valence-electron chi connectivity index (χ4n) is 9.50. The third-order valence-corrected chi connectivity index (χ3v) is 15.0. The van der Waals surface area contributed by atoms with Gasteiger partial charge in [0.15, 0.2) is 6.10 Å². The lowest BCUT2D eigenvalue weighted by molar-refractivity contribution is -0.870. The monoisotopic (exact) mass is 1260 g/mol. The molecule has 0 aromatic carbocycles. The molecule has 0 saturated heterocycles. The van der Waals surface area contributed by atoms with E-state index in [1.807, 2.05) is 21.1 Å². The van der Waals surface area contributed by atoms with Gasteiger partial charge >= 0.3 is 17.9 Å². The summed E-state index contributed by atoms with van der Waals surface area (Å²) in [5.74, 6) is -2.03. The van der Waals surface area contributed by atoms with Gasteiger partial charge in [0, 0.05) is 12.8 Å². The Morgan fingerprint density at radius 2 is 0.593 bits per heavy atom. The standard InChI is InChI=1S/C82H133NO8/c1-6-8-10-12-14-16-18-20-22-24-26-28-30-32-34-35-36-37-38-39-40-41-42-43-44-45-47-49-51-53-55-57-59-61-63-65-67-69-71-73-80(85)91-78(77-90-82(81(86)87)88-75-74-83(3,4)5)76-89-79(84)72-70-68-66-64-62-60-58-56-54-52-50-48-46-33-31-29-27-25-23-21-19-17-15-13-11-9-7-2/h8-11,14-17,20-23,26-29,32-34,36-37,39-40,42-43,46,50,52,78,82H,6-7,12-13,18-19,24-25,30-31,35,38,41,44-45,47-49,51,53-77H2,1-5H3/p+1/b10-8-,11-9-,16-14-,17-15-,22-20-,23-21-,28-26-,29-27-,34-32-,37-36-,40-39-,43-42-,46-33-,52-50-. The highest BCUT2D eigenvalue weighted by Crippen LogP contribution is 2.16. The van der Waals surface area contributed by atoms with Crippen LogP contribution in [-0.4, -0.2) is 87.4 Å². The van der Waals surface area contributed by atoms with Gasteiger partial charge in [0.05, 0.1) is 34.4 Å². The number of aliphatic carboxylic acids is 1. The number of carboxylic acid groups (broad SMARTS) is 1. The van der Waals surface area contributed by atoms with Crippen molar-refractivity contribution >= 4 is 17.9 Å². The molecule has 0 aliphatic rings. The number of likely N-dealkylation sites (N-methyl/N-ethyl adjacent to an activating group) is 1. The van der Waals surface area contributed by atoms with Crippen molar-refractivity contribution < 1.29 is 42.9 Å². The Labute approximate surface area is 558 Å². The highest BCUT2D eigenvalue weighted by molar-refractivity contribution is 5.71. The predicted octanol–water partition coefficient (Wildman–Crippen LogP) is 23.0. The van der Waals surface area contributed by atoms with Gasteiger partial charge in [0.2, 0.25) is 0 Å². The third-order valence-electron chi connectivity index (χ3n) is 15.0. The maximum Gasteiger partial charge on any atom is 0.361 e. The first-order valence-corrected chi connectivity index (χ1v) is 36.3. The smallest absolute Gasteiger partial charge is 0.361 e. The summed E-state index contributed by atoms with van der Waals surface area (Å²) < 4.78 is 23.0. The number of nitrogens with zero attached hydrogens (tertiary/aromatic N) is 1. The van der Waals surface area contributed by atoms with Crippen LogP contribution in [0.1, 0.15) is 271 Å². The number of carbonyl (C=O) groups is 3. The third kappa shape index (κ3) is 71.9. The Balaban J connectivity index is 4.14. The van der Waals surface area contributed by atoms with Crippen molar-refractivity contribution in [2.45, 2.75) is 283 Å². The van der Waals surface area contributed by atoms with Crippen molar-refractivity contribution in [2.75, 3.05) is 47.5 Å². The second-order valence-corrected chi connectivity index (χ2v) is 24.8. The molecule has 2 atom stereocenters. The van der Waals surface area contributed by atoms with Gasteiger partial charge in [0.25, 0.3) is 6.29 Å². The van der Waals surface area contributed by atoms with Crippen LogP contribution in [0.3, 0.4) is 0 Å². The first-order chi connectivity index (χ1) is 44.6. The number of quaternary nitrogens is 1. The van der Waals surface area contributed by atoms with Crippen LogP contribution in [0.5, 0.6) is 0 Å². The summed E-state index contributed by atoms with van der Waals surface area (Å²) in [5.41, 5.74) is 0. The first-order valence-electron chi connectivity index (χ1n) is 36.3. The van der Waals surface area contributed by atoms with Crippen molar-refractivity contribution in [1.29, 1.82) is 0 Å². The Hall–Kier alpha value is -5.35. The van der Waals surface area contributed by atoms with Crippen molar-refractivity contribution in [3.8, 4) is 0 Å². The maximum atomic E-state index is 13.0. The molecule has 1 N–H and O–H groups in total. The molecule has 0 aromatic heterocycles. The van der Waals surface area contributed by atoms with E-state index in [1.54, 1.807) is 0 Å². The van der Waals surface area contributed by atoms with E-state index in [1.165, 1.54) is 96.3 Å². The minimum absolute atomic E-state index is 0.178. The zero-order valence-electron chi connectivity index (χ0n) is 58.7. The van der Waals surface area contributed by atoms with Crippen molar-refractivity contribution in [2.24, 2.45) is 0 Å². The molecule has 0 spiro atoms. The molecule has 0 aliphatic heterocycles. The molecule has 0 saturated carbocycles.